The van der Waals surface area contributed by atoms with Crippen LogP contribution in [0.3, 0.4) is 0 Å². The molecule has 0 aliphatic heterocycles. The van der Waals surface area contributed by atoms with Gasteiger partial charge in [0, 0.05) is 18.7 Å². The zero-order valence-electron chi connectivity index (χ0n) is 11.0. The molecular weight excluding hydrogens is 245 g/mol. The van der Waals surface area contributed by atoms with Crippen molar-refractivity contribution in [1.29, 1.82) is 0 Å². The molecule has 1 atom stereocenters. The lowest BCUT2D eigenvalue weighted by Crippen LogP contribution is -2.30. The lowest BCUT2D eigenvalue weighted by molar-refractivity contribution is 0.500. The zero-order valence-corrected chi connectivity index (χ0v) is 11.0. The molecule has 0 saturated carbocycles. The molecule has 5 nitrogen and oxygen atoms in total. The first-order valence-corrected chi connectivity index (χ1v) is 6.21. The molecule has 0 radical (unpaired) electrons. The van der Waals surface area contributed by atoms with E-state index in [9.17, 15) is 4.39 Å². The third-order valence-electron chi connectivity index (χ3n) is 2.91. The van der Waals surface area contributed by atoms with Gasteiger partial charge in [-0.2, -0.15) is 5.10 Å². The van der Waals surface area contributed by atoms with E-state index in [-0.39, 0.29) is 11.9 Å². The first kappa shape index (κ1) is 13.6. The van der Waals surface area contributed by atoms with Crippen LogP contribution >= 0.6 is 0 Å². The minimum absolute atomic E-state index is 0.184. The number of hydrogen-bond donors (Lipinski definition) is 2. The Kier molecular flexibility index (Phi) is 4.24. The van der Waals surface area contributed by atoms with Gasteiger partial charge in [-0.25, -0.2) is 4.39 Å². The number of nitrogens with zero attached hydrogens (tertiary/aromatic N) is 3. The van der Waals surface area contributed by atoms with Crippen molar-refractivity contribution in [2.75, 3.05) is 0 Å². The molecule has 6 heteroatoms. The normalized spacial score (nSPS) is 12.9. The Morgan fingerprint density at radius 2 is 2.16 bits per heavy atom. The fourth-order valence-corrected chi connectivity index (χ4v) is 1.83. The first-order chi connectivity index (χ1) is 9.10. The maximum atomic E-state index is 12.8. The lowest BCUT2D eigenvalue weighted by Gasteiger charge is -2.14. The van der Waals surface area contributed by atoms with Crippen LogP contribution in [-0.2, 0) is 6.42 Å². The van der Waals surface area contributed by atoms with Gasteiger partial charge >= 0.3 is 0 Å². The predicted molar refractivity (Wildman–Crippen MR) is 70.6 cm³/mol. The Balaban J connectivity index is 2.12. The molecule has 1 unspecified atom stereocenters. The minimum atomic E-state index is -0.358. The molecule has 0 spiro atoms. The van der Waals surface area contributed by atoms with Gasteiger partial charge in [0.15, 0.2) is 0 Å². The number of halogens is 1. The molecule has 0 aliphatic carbocycles. The van der Waals surface area contributed by atoms with Crippen molar-refractivity contribution in [3.8, 4) is 0 Å². The summed E-state index contributed by atoms with van der Waals surface area (Å²) in [6.07, 6.45) is 3.73. The van der Waals surface area contributed by atoms with Crippen molar-refractivity contribution in [3.05, 3.63) is 47.8 Å². The number of nitrogens with one attached hydrogen (secondary N) is 1. The van der Waals surface area contributed by atoms with E-state index in [1.165, 1.54) is 12.3 Å². The zero-order chi connectivity index (χ0) is 13.8. The average Bonchev–Trinajstić information content (AvgIpc) is 2.86. The molecule has 0 aromatic carbocycles. The molecule has 2 rings (SSSR count). The molecule has 0 aliphatic rings. The topological polar surface area (TPSA) is 68.8 Å². The summed E-state index contributed by atoms with van der Waals surface area (Å²) in [4.78, 5) is 4.04. The number of hydrogen-bond acceptors (Lipinski definition) is 4. The maximum Gasteiger partial charge on any atom is 0.141 e. The lowest BCUT2D eigenvalue weighted by atomic mass is 10.1. The standard InChI is InChI=1S/C13H18FN5/c1-9(2)19-6-5-11(18-19)7-13(17-15)12-4-3-10(14)8-16-12/h3-6,8-9,13,17H,7,15H2,1-2H3. The van der Waals surface area contributed by atoms with Crippen molar-refractivity contribution >= 4 is 0 Å². The first-order valence-electron chi connectivity index (χ1n) is 6.21. The highest BCUT2D eigenvalue weighted by Gasteiger charge is 2.14. The summed E-state index contributed by atoms with van der Waals surface area (Å²) in [5.74, 6) is 5.18. The number of pyridine rings is 1. The molecule has 0 amide bonds. The predicted octanol–water partition coefficient (Wildman–Crippen LogP) is 1.75. The SMILES string of the molecule is CC(C)n1ccc(CC(NN)c2ccc(F)cn2)n1. The van der Waals surface area contributed by atoms with Crippen LogP contribution in [0.4, 0.5) is 4.39 Å². The molecule has 102 valence electrons. The molecule has 2 aromatic heterocycles. The van der Waals surface area contributed by atoms with Gasteiger partial charge in [0.2, 0.25) is 0 Å². The molecule has 19 heavy (non-hydrogen) atoms. The van der Waals surface area contributed by atoms with Gasteiger partial charge in [-0.1, -0.05) is 0 Å². The highest BCUT2D eigenvalue weighted by atomic mass is 19.1. The van der Waals surface area contributed by atoms with E-state index >= 15 is 0 Å². The van der Waals surface area contributed by atoms with Crippen molar-refractivity contribution in [2.45, 2.75) is 32.4 Å². The van der Waals surface area contributed by atoms with E-state index < -0.39 is 0 Å². The minimum Gasteiger partial charge on any atom is -0.271 e. The van der Waals surface area contributed by atoms with E-state index in [0.717, 1.165) is 5.69 Å². The van der Waals surface area contributed by atoms with Gasteiger partial charge in [0.05, 0.1) is 23.6 Å². The molecule has 0 saturated heterocycles. The second-order valence-corrected chi connectivity index (χ2v) is 4.71. The van der Waals surface area contributed by atoms with Crippen molar-refractivity contribution < 1.29 is 4.39 Å². The Labute approximate surface area is 111 Å². The highest BCUT2D eigenvalue weighted by Crippen LogP contribution is 2.15. The average molecular weight is 263 g/mol. The Morgan fingerprint density at radius 1 is 1.37 bits per heavy atom. The Bertz CT molecular complexity index is 520. The number of aromatic nitrogens is 3. The largest absolute Gasteiger partial charge is 0.271 e. The van der Waals surface area contributed by atoms with E-state index in [4.69, 9.17) is 5.84 Å². The van der Waals surface area contributed by atoms with Crippen LogP contribution < -0.4 is 11.3 Å². The summed E-state index contributed by atoms with van der Waals surface area (Å²) >= 11 is 0. The highest BCUT2D eigenvalue weighted by molar-refractivity contribution is 5.13. The van der Waals surface area contributed by atoms with Crippen molar-refractivity contribution in [3.63, 3.8) is 0 Å². The second kappa shape index (κ2) is 5.90. The Hall–Kier alpha value is -1.79. The van der Waals surface area contributed by atoms with Crippen LogP contribution in [0.1, 0.15) is 37.3 Å². The van der Waals surface area contributed by atoms with Crippen molar-refractivity contribution in [2.24, 2.45) is 5.84 Å². The van der Waals surface area contributed by atoms with Crippen LogP contribution in [0.2, 0.25) is 0 Å². The van der Waals surface area contributed by atoms with E-state index in [1.54, 1.807) is 6.07 Å². The third kappa shape index (κ3) is 3.36. The Morgan fingerprint density at radius 3 is 2.68 bits per heavy atom. The van der Waals surface area contributed by atoms with E-state index in [1.807, 2.05) is 16.9 Å². The summed E-state index contributed by atoms with van der Waals surface area (Å²) < 4.78 is 14.7. The molecule has 0 bridgehead atoms. The second-order valence-electron chi connectivity index (χ2n) is 4.71. The van der Waals surface area contributed by atoms with Gasteiger partial charge in [-0.3, -0.25) is 20.9 Å². The third-order valence-corrected chi connectivity index (χ3v) is 2.91. The van der Waals surface area contributed by atoms with Gasteiger partial charge in [0.25, 0.3) is 0 Å². The maximum absolute atomic E-state index is 12.8. The van der Waals surface area contributed by atoms with Gasteiger partial charge in [-0.15, -0.1) is 0 Å². The summed E-state index contributed by atoms with van der Waals surface area (Å²) in [7, 11) is 0. The van der Waals surface area contributed by atoms with Crippen LogP contribution in [-0.4, -0.2) is 14.8 Å². The van der Waals surface area contributed by atoms with Crippen molar-refractivity contribution in [1.82, 2.24) is 20.2 Å². The molecule has 2 heterocycles. The number of nitrogens with two attached hydrogens (primary N) is 1. The number of hydrazine groups is 1. The molecular formula is C13H18FN5. The summed E-state index contributed by atoms with van der Waals surface area (Å²) in [5, 5.41) is 4.46. The van der Waals surface area contributed by atoms with Crippen LogP contribution in [0.25, 0.3) is 0 Å². The van der Waals surface area contributed by atoms with Gasteiger partial charge < -0.3 is 0 Å². The van der Waals surface area contributed by atoms with Crippen LogP contribution in [0, 0.1) is 5.82 Å². The monoisotopic (exact) mass is 263 g/mol. The van der Waals surface area contributed by atoms with E-state index in [0.29, 0.717) is 18.2 Å². The number of rotatable bonds is 5. The molecule has 3 N–H and O–H groups in total. The van der Waals surface area contributed by atoms with E-state index in [2.05, 4.69) is 29.4 Å². The van der Waals surface area contributed by atoms with Gasteiger partial charge in [-0.05, 0) is 32.0 Å². The van der Waals surface area contributed by atoms with Crippen LogP contribution in [0.5, 0.6) is 0 Å². The molecule has 0 fully saturated rings. The van der Waals surface area contributed by atoms with Gasteiger partial charge in [0.1, 0.15) is 5.82 Å². The van der Waals surface area contributed by atoms with Crippen LogP contribution in [0.15, 0.2) is 30.6 Å². The summed E-state index contributed by atoms with van der Waals surface area (Å²) in [5.41, 5.74) is 4.31. The fourth-order valence-electron chi connectivity index (χ4n) is 1.83. The molecule has 2 aromatic rings. The smallest absolute Gasteiger partial charge is 0.141 e. The summed E-state index contributed by atoms with van der Waals surface area (Å²) in [6, 6.07) is 5.09. The summed E-state index contributed by atoms with van der Waals surface area (Å²) in [6.45, 7) is 4.13. The quantitative estimate of drug-likeness (QED) is 0.637. The fraction of sp³-hybridized carbons (Fsp3) is 0.385.